The number of likely N-dealkylation sites (N-methyl/N-ethyl adjacent to an activating group) is 1. The highest BCUT2D eigenvalue weighted by Crippen LogP contribution is 2.17. The molecule has 0 amide bonds. The second-order valence-electron chi connectivity index (χ2n) is 3.99. The Hall–Kier alpha value is -1.17. The maximum atomic E-state index is 12.7. The van der Waals surface area contributed by atoms with Gasteiger partial charge >= 0.3 is 6.98 Å². The fraction of sp³-hybridized carbons (Fsp3) is 0.500. The van der Waals surface area contributed by atoms with Gasteiger partial charge in [-0.15, -0.1) is 0 Å². The Kier molecular flexibility index (Phi) is 5.53. The molecule has 0 atom stereocenters. The molecule has 1 rings (SSSR count). The van der Waals surface area contributed by atoms with Crippen LogP contribution in [-0.4, -0.2) is 38.1 Å². The van der Waals surface area contributed by atoms with Crippen LogP contribution in [0.1, 0.15) is 13.8 Å². The van der Waals surface area contributed by atoms with Gasteiger partial charge in [-0.1, -0.05) is 37.5 Å². The fourth-order valence-corrected chi connectivity index (χ4v) is 1.71. The molecule has 0 unspecified atom stereocenters. The highest BCUT2D eigenvalue weighted by molar-refractivity contribution is 6.74. The second kappa shape index (κ2) is 6.68. The third-order valence-corrected chi connectivity index (χ3v) is 2.83. The highest BCUT2D eigenvalue weighted by Gasteiger charge is 2.28. The van der Waals surface area contributed by atoms with Crippen molar-refractivity contribution in [2.45, 2.75) is 13.8 Å². The topological polar surface area (TPSA) is 12.5 Å². The van der Waals surface area contributed by atoms with Crippen molar-refractivity contribution in [1.29, 1.82) is 0 Å². The van der Waals surface area contributed by atoms with E-state index in [-0.39, 0.29) is 12.4 Å². The van der Waals surface area contributed by atoms with E-state index in [0.29, 0.717) is 6.54 Å². The Morgan fingerprint density at radius 2 is 1.72 bits per heavy atom. The van der Waals surface area contributed by atoms with E-state index in [9.17, 15) is 12.9 Å². The predicted octanol–water partition coefficient (Wildman–Crippen LogP) is 2.46. The lowest BCUT2D eigenvalue weighted by atomic mass is 9.79. The van der Waals surface area contributed by atoms with E-state index in [2.05, 4.69) is 4.90 Å². The Morgan fingerprint density at radius 3 is 2.28 bits per heavy atom. The zero-order chi connectivity index (χ0) is 13.6. The predicted molar refractivity (Wildman–Crippen MR) is 68.4 cm³/mol. The molecule has 0 aliphatic heterocycles. The number of halogens is 3. The maximum Gasteiger partial charge on any atom is 0.513 e. The van der Waals surface area contributed by atoms with Crippen molar-refractivity contribution in [3.05, 3.63) is 24.3 Å². The van der Waals surface area contributed by atoms with Gasteiger partial charge in [0.25, 0.3) is 0 Å². The molecule has 0 aliphatic carbocycles. The SMILES string of the molecule is CCN(CC)CCOc1ccccc1[B-](F)(F)F. The van der Waals surface area contributed by atoms with Crippen LogP contribution in [0.2, 0.25) is 0 Å². The van der Waals surface area contributed by atoms with Crippen LogP contribution in [0.4, 0.5) is 12.9 Å². The number of hydrogen-bond donors (Lipinski definition) is 0. The van der Waals surface area contributed by atoms with Crippen molar-refractivity contribution in [3.8, 4) is 5.75 Å². The molecule has 18 heavy (non-hydrogen) atoms. The van der Waals surface area contributed by atoms with Gasteiger partial charge in [-0.25, -0.2) is 0 Å². The molecule has 2 nitrogen and oxygen atoms in total. The average molecular weight is 260 g/mol. The number of rotatable bonds is 7. The van der Waals surface area contributed by atoms with Crippen molar-refractivity contribution >= 4 is 12.4 Å². The van der Waals surface area contributed by atoms with Gasteiger partial charge in [0.15, 0.2) is 0 Å². The molecule has 0 N–H and O–H groups in total. The number of ether oxygens (including phenoxy) is 1. The first kappa shape index (κ1) is 14.9. The van der Waals surface area contributed by atoms with E-state index in [1.54, 1.807) is 6.07 Å². The zero-order valence-corrected chi connectivity index (χ0v) is 10.7. The largest absolute Gasteiger partial charge is 0.513 e. The normalized spacial score (nSPS) is 11.9. The summed E-state index contributed by atoms with van der Waals surface area (Å²) in [6.07, 6.45) is 0. The van der Waals surface area contributed by atoms with Crippen LogP contribution in [0.25, 0.3) is 0 Å². The summed E-state index contributed by atoms with van der Waals surface area (Å²) < 4.78 is 43.5. The number of hydrogen-bond acceptors (Lipinski definition) is 2. The third kappa shape index (κ3) is 4.25. The molecule has 0 bridgehead atoms. The molecule has 0 saturated carbocycles. The molecule has 0 aromatic heterocycles. The molecule has 1 aromatic carbocycles. The Morgan fingerprint density at radius 1 is 1.11 bits per heavy atom. The van der Waals surface area contributed by atoms with Crippen LogP contribution in [-0.2, 0) is 0 Å². The molecular formula is C12H18BF3NO-. The molecular weight excluding hydrogens is 242 g/mol. The van der Waals surface area contributed by atoms with Crippen LogP contribution in [0.5, 0.6) is 5.75 Å². The van der Waals surface area contributed by atoms with E-state index >= 15 is 0 Å². The summed E-state index contributed by atoms with van der Waals surface area (Å²) in [6, 6.07) is 5.36. The van der Waals surface area contributed by atoms with E-state index in [1.165, 1.54) is 12.1 Å². The van der Waals surface area contributed by atoms with Crippen LogP contribution in [0.3, 0.4) is 0 Å². The molecule has 0 heterocycles. The average Bonchev–Trinajstić information content (AvgIpc) is 2.34. The lowest BCUT2D eigenvalue weighted by Gasteiger charge is -2.22. The lowest BCUT2D eigenvalue weighted by molar-refractivity contribution is 0.223. The standard InChI is InChI=1S/C12H18BF3NO/c1-3-17(4-2)9-10-18-12-8-6-5-7-11(12)13(14,15)16/h5-8H,3-4,9-10H2,1-2H3/q-1. The van der Waals surface area contributed by atoms with Crippen LogP contribution < -0.4 is 10.2 Å². The Labute approximate surface area is 106 Å². The van der Waals surface area contributed by atoms with Crippen molar-refractivity contribution < 1.29 is 17.7 Å². The Balaban J connectivity index is 2.62. The van der Waals surface area contributed by atoms with Gasteiger partial charge in [0, 0.05) is 6.54 Å². The van der Waals surface area contributed by atoms with Crippen LogP contribution >= 0.6 is 0 Å². The summed E-state index contributed by atoms with van der Waals surface area (Å²) in [5.41, 5.74) is -0.656. The minimum absolute atomic E-state index is 0.0721. The lowest BCUT2D eigenvalue weighted by Crippen LogP contribution is -2.36. The molecule has 102 valence electrons. The minimum atomic E-state index is -5.02. The highest BCUT2D eigenvalue weighted by atomic mass is 19.4. The summed E-state index contributed by atoms with van der Waals surface area (Å²) in [7, 11) is 0. The fourth-order valence-electron chi connectivity index (χ4n) is 1.71. The first-order valence-electron chi connectivity index (χ1n) is 6.13. The third-order valence-electron chi connectivity index (χ3n) is 2.83. The molecule has 0 aliphatic rings. The van der Waals surface area contributed by atoms with Crippen LogP contribution in [0, 0.1) is 0 Å². The van der Waals surface area contributed by atoms with Gasteiger partial charge in [0.2, 0.25) is 0 Å². The first-order chi connectivity index (χ1) is 8.49. The van der Waals surface area contributed by atoms with E-state index < -0.39 is 12.4 Å². The summed E-state index contributed by atoms with van der Waals surface area (Å²) >= 11 is 0. The molecule has 0 saturated heterocycles. The van der Waals surface area contributed by atoms with Crippen molar-refractivity contribution in [2.75, 3.05) is 26.2 Å². The molecule has 1 aromatic rings. The minimum Gasteiger partial charge on any atom is -0.495 e. The Bertz CT molecular complexity index is 367. The van der Waals surface area contributed by atoms with Gasteiger partial charge in [0.05, 0.1) is 5.75 Å². The quantitative estimate of drug-likeness (QED) is 0.698. The summed E-state index contributed by atoms with van der Waals surface area (Å²) in [6.45, 7) is 1.63. The smallest absolute Gasteiger partial charge is 0.495 e. The van der Waals surface area contributed by atoms with Gasteiger partial charge in [-0.05, 0) is 19.2 Å². The zero-order valence-electron chi connectivity index (χ0n) is 10.7. The van der Waals surface area contributed by atoms with Gasteiger partial charge in [0.1, 0.15) is 6.61 Å². The molecule has 0 radical (unpaired) electrons. The number of para-hydroxylation sites is 1. The van der Waals surface area contributed by atoms with E-state index in [0.717, 1.165) is 19.2 Å². The van der Waals surface area contributed by atoms with Crippen LogP contribution in [0.15, 0.2) is 24.3 Å². The number of nitrogens with zero attached hydrogens (tertiary/aromatic N) is 1. The first-order valence-corrected chi connectivity index (χ1v) is 6.13. The van der Waals surface area contributed by atoms with Crippen molar-refractivity contribution in [2.24, 2.45) is 0 Å². The monoisotopic (exact) mass is 260 g/mol. The number of benzene rings is 1. The van der Waals surface area contributed by atoms with E-state index in [4.69, 9.17) is 4.74 Å². The van der Waals surface area contributed by atoms with Gasteiger partial charge in [-0.3, -0.25) is 0 Å². The molecule has 0 fully saturated rings. The maximum absolute atomic E-state index is 12.7. The molecule has 6 heteroatoms. The summed E-state index contributed by atoms with van der Waals surface area (Å²) in [5, 5.41) is 0. The van der Waals surface area contributed by atoms with Crippen molar-refractivity contribution in [3.63, 3.8) is 0 Å². The van der Waals surface area contributed by atoms with Crippen molar-refractivity contribution in [1.82, 2.24) is 4.90 Å². The summed E-state index contributed by atoms with van der Waals surface area (Å²) in [5.74, 6) is -0.0721. The van der Waals surface area contributed by atoms with Gasteiger partial charge < -0.3 is 22.6 Å². The molecule has 0 spiro atoms. The second-order valence-corrected chi connectivity index (χ2v) is 3.99. The van der Waals surface area contributed by atoms with E-state index in [1.807, 2.05) is 13.8 Å². The van der Waals surface area contributed by atoms with Gasteiger partial charge in [-0.2, -0.15) is 0 Å². The summed E-state index contributed by atoms with van der Waals surface area (Å²) in [4.78, 5) is 2.10.